The highest BCUT2D eigenvalue weighted by Crippen LogP contribution is 2.21. The molecule has 0 fully saturated rings. The highest BCUT2D eigenvalue weighted by molar-refractivity contribution is 7.99. The van der Waals surface area contributed by atoms with E-state index in [1.807, 2.05) is 63.4 Å². The maximum absolute atomic E-state index is 12.5. The summed E-state index contributed by atoms with van der Waals surface area (Å²) in [6.45, 7) is 7.93. The Morgan fingerprint density at radius 2 is 1.76 bits per heavy atom. The zero-order chi connectivity index (χ0) is 24.7. The lowest BCUT2D eigenvalue weighted by Crippen LogP contribution is -2.36. The van der Waals surface area contributed by atoms with Gasteiger partial charge in [-0.1, -0.05) is 49.0 Å². The van der Waals surface area contributed by atoms with Crippen molar-refractivity contribution in [3.63, 3.8) is 0 Å². The molecule has 2 aromatic carbocycles. The number of hydrogen-bond acceptors (Lipinski definition) is 6. The van der Waals surface area contributed by atoms with Gasteiger partial charge in [-0.15, -0.1) is 10.2 Å². The molecule has 0 unspecified atom stereocenters. The SMILES string of the molecule is CCc1ccc(O[C@@H](C)C(=O)NCc2nnc(SCC(=O)Nc3c(C)cccc3C)n2C)cc1. The number of nitrogens with one attached hydrogen (secondary N) is 2. The van der Waals surface area contributed by atoms with Crippen LogP contribution >= 0.6 is 11.8 Å². The van der Waals surface area contributed by atoms with E-state index in [4.69, 9.17) is 4.74 Å². The van der Waals surface area contributed by atoms with Crippen LogP contribution in [0.1, 0.15) is 36.4 Å². The summed E-state index contributed by atoms with van der Waals surface area (Å²) < 4.78 is 7.50. The Labute approximate surface area is 204 Å². The Morgan fingerprint density at radius 1 is 1.09 bits per heavy atom. The number of carbonyl (C=O) groups excluding carboxylic acids is 2. The zero-order valence-corrected chi connectivity index (χ0v) is 21.0. The van der Waals surface area contributed by atoms with Crippen LogP contribution in [0, 0.1) is 13.8 Å². The van der Waals surface area contributed by atoms with E-state index in [1.54, 1.807) is 11.5 Å². The highest BCUT2D eigenvalue weighted by Gasteiger charge is 2.17. The molecule has 0 radical (unpaired) electrons. The molecule has 0 aliphatic carbocycles. The Balaban J connectivity index is 1.48. The summed E-state index contributed by atoms with van der Waals surface area (Å²) in [5.41, 5.74) is 4.09. The predicted octanol–water partition coefficient (Wildman–Crippen LogP) is 3.81. The number of amides is 2. The van der Waals surface area contributed by atoms with Gasteiger partial charge in [0.05, 0.1) is 12.3 Å². The first kappa shape index (κ1) is 25.3. The van der Waals surface area contributed by atoms with Gasteiger partial charge in [0, 0.05) is 12.7 Å². The highest BCUT2D eigenvalue weighted by atomic mass is 32.2. The lowest BCUT2D eigenvalue weighted by Gasteiger charge is -2.15. The number of hydrogen-bond donors (Lipinski definition) is 2. The third kappa shape index (κ3) is 6.60. The van der Waals surface area contributed by atoms with E-state index in [1.165, 1.54) is 17.3 Å². The minimum atomic E-state index is -0.650. The monoisotopic (exact) mass is 481 g/mol. The number of carbonyl (C=O) groups is 2. The second kappa shape index (κ2) is 11.7. The molecule has 2 amide bonds. The summed E-state index contributed by atoms with van der Waals surface area (Å²) in [6, 6.07) is 13.6. The van der Waals surface area contributed by atoms with Crippen molar-refractivity contribution in [1.82, 2.24) is 20.1 Å². The fourth-order valence-corrected chi connectivity index (χ4v) is 4.04. The number of para-hydroxylation sites is 1. The number of anilines is 1. The molecule has 9 heteroatoms. The lowest BCUT2D eigenvalue weighted by atomic mass is 10.1. The van der Waals surface area contributed by atoms with Gasteiger partial charge >= 0.3 is 0 Å². The number of aromatic nitrogens is 3. The van der Waals surface area contributed by atoms with Crippen LogP contribution in [-0.2, 0) is 29.6 Å². The molecule has 180 valence electrons. The van der Waals surface area contributed by atoms with Crippen molar-refractivity contribution in [3.05, 3.63) is 65.0 Å². The van der Waals surface area contributed by atoms with E-state index >= 15 is 0 Å². The van der Waals surface area contributed by atoms with E-state index in [9.17, 15) is 9.59 Å². The van der Waals surface area contributed by atoms with Crippen molar-refractivity contribution in [2.45, 2.75) is 51.9 Å². The van der Waals surface area contributed by atoms with Gasteiger partial charge in [-0.2, -0.15) is 0 Å². The molecule has 2 N–H and O–H groups in total. The van der Waals surface area contributed by atoms with Gasteiger partial charge in [0.15, 0.2) is 17.1 Å². The second-order valence-electron chi connectivity index (χ2n) is 8.04. The standard InChI is InChI=1S/C25H31N5O3S/c1-6-19-10-12-20(13-11-19)33-18(4)24(32)26-14-21-28-29-25(30(21)5)34-15-22(31)27-23-16(2)8-7-9-17(23)3/h7-13,18H,6,14-15H2,1-5H3,(H,26,32)(H,27,31)/t18-/m0/s1. The molecule has 3 rings (SSSR count). The van der Waals surface area contributed by atoms with E-state index in [2.05, 4.69) is 27.8 Å². The number of thioether (sulfide) groups is 1. The Kier molecular flexibility index (Phi) is 8.70. The molecule has 0 aliphatic rings. The number of nitrogens with zero attached hydrogens (tertiary/aromatic N) is 3. The fourth-order valence-electron chi connectivity index (χ4n) is 3.31. The van der Waals surface area contributed by atoms with Gasteiger partial charge in [-0.05, 0) is 56.0 Å². The molecule has 0 saturated carbocycles. The maximum atomic E-state index is 12.5. The average Bonchev–Trinajstić information content (AvgIpc) is 3.18. The molecular weight excluding hydrogens is 450 g/mol. The second-order valence-corrected chi connectivity index (χ2v) is 8.98. The lowest BCUT2D eigenvalue weighted by molar-refractivity contribution is -0.127. The molecular formula is C25H31N5O3S. The first-order valence-corrected chi connectivity index (χ1v) is 12.2. The van der Waals surface area contributed by atoms with Gasteiger partial charge in [-0.25, -0.2) is 0 Å². The smallest absolute Gasteiger partial charge is 0.261 e. The first-order chi connectivity index (χ1) is 16.3. The molecule has 3 aromatic rings. The van der Waals surface area contributed by atoms with Crippen LogP contribution in [0.15, 0.2) is 47.6 Å². The molecule has 0 spiro atoms. The molecule has 0 saturated heterocycles. The van der Waals surface area contributed by atoms with Gasteiger partial charge in [-0.3, -0.25) is 9.59 Å². The summed E-state index contributed by atoms with van der Waals surface area (Å²) in [7, 11) is 1.81. The van der Waals surface area contributed by atoms with Crippen LogP contribution in [0.5, 0.6) is 5.75 Å². The number of benzene rings is 2. The van der Waals surface area contributed by atoms with E-state index in [0.717, 1.165) is 23.2 Å². The Hall–Kier alpha value is -3.33. The largest absolute Gasteiger partial charge is 0.481 e. The van der Waals surface area contributed by atoms with Crippen LogP contribution in [0.4, 0.5) is 5.69 Å². The van der Waals surface area contributed by atoms with Gasteiger partial charge in [0.2, 0.25) is 5.91 Å². The fraction of sp³-hybridized carbons (Fsp3) is 0.360. The van der Waals surface area contributed by atoms with Crippen LogP contribution < -0.4 is 15.4 Å². The quantitative estimate of drug-likeness (QED) is 0.428. The van der Waals surface area contributed by atoms with Crippen molar-refractivity contribution >= 4 is 29.3 Å². The zero-order valence-electron chi connectivity index (χ0n) is 20.2. The molecule has 1 heterocycles. The third-order valence-electron chi connectivity index (χ3n) is 5.44. The summed E-state index contributed by atoms with van der Waals surface area (Å²) in [5, 5.41) is 14.7. The molecule has 0 aliphatic heterocycles. The minimum Gasteiger partial charge on any atom is -0.481 e. The van der Waals surface area contributed by atoms with Crippen molar-refractivity contribution < 1.29 is 14.3 Å². The van der Waals surface area contributed by atoms with Crippen LogP contribution in [0.25, 0.3) is 0 Å². The van der Waals surface area contributed by atoms with Gasteiger partial charge in [0.25, 0.3) is 5.91 Å². The number of ether oxygens (including phenoxy) is 1. The molecule has 1 aromatic heterocycles. The predicted molar refractivity (Wildman–Crippen MR) is 134 cm³/mol. The van der Waals surface area contributed by atoms with Crippen molar-refractivity contribution in [2.75, 3.05) is 11.1 Å². The maximum Gasteiger partial charge on any atom is 0.261 e. The summed E-state index contributed by atoms with van der Waals surface area (Å²) in [4.78, 5) is 24.9. The first-order valence-electron chi connectivity index (χ1n) is 11.2. The third-order valence-corrected chi connectivity index (χ3v) is 6.46. The van der Waals surface area contributed by atoms with Crippen LogP contribution in [0.3, 0.4) is 0 Å². The number of rotatable bonds is 10. The molecule has 8 nitrogen and oxygen atoms in total. The molecule has 34 heavy (non-hydrogen) atoms. The van der Waals surface area contributed by atoms with Gasteiger partial charge in [0.1, 0.15) is 5.75 Å². The van der Waals surface area contributed by atoms with E-state index < -0.39 is 6.10 Å². The van der Waals surface area contributed by atoms with Crippen molar-refractivity contribution in [2.24, 2.45) is 7.05 Å². The molecule has 0 bridgehead atoms. The number of aryl methyl sites for hydroxylation is 3. The Bertz CT molecular complexity index is 1120. The van der Waals surface area contributed by atoms with E-state index in [0.29, 0.717) is 16.7 Å². The molecule has 1 atom stereocenters. The van der Waals surface area contributed by atoms with Crippen molar-refractivity contribution in [1.29, 1.82) is 0 Å². The van der Waals surface area contributed by atoms with Crippen molar-refractivity contribution in [3.8, 4) is 5.75 Å². The van der Waals surface area contributed by atoms with Crippen LogP contribution in [0.2, 0.25) is 0 Å². The normalized spacial score (nSPS) is 11.7. The van der Waals surface area contributed by atoms with Gasteiger partial charge < -0.3 is 19.9 Å². The summed E-state index contributed by atoms with van der Waals surface area (Å²) in [5.74, 6) is 1.08. The average molecular weight is 482 g/mol. The van der Waals surface area contributed by atoms with E-state index in [-0.39, 0.29) is 24.1 Å². The topological polar surface area (TPSA) is 98.1 Å². The Morgan fingerprint density at radius 3 is 2.41 bits per heavy atom. The summed E-state index contributed by atoms with van der Waals surface area (Å²) in [6.07, 6.45) is 0.300. The van der Waals surface area contributed by atoms with Crippen LogP contribution in [-0.4, -0.2) is 38.4 Å². The summed E-state index contributed by atoms with van der Waals surface area (Å²) >= 11 is 1.29. The minimum absolute atomic E-state index is 0.113.